The molecule has 21 heavy (non-hydrogen) atoms. The van der Waals surface area contributed by atoms with Gasteiger partial charge in [0.1, 0.15) is 17.1 Å². The van der Waals surface area contributed by atoms with Gasteiger partial charge in [-0.25, -0.2) is 0 Å². The van der Waals surface area contributed by atoms with Crippen molar-refractivity contribution in [2.45, 2.75) is 6.92 Å². The fraction of sp³-hybridized carbons (Fsp3) is 0.0588. The summed E-state index contributed by atoms with van der Waals surface area (Å²) in [5.74, 6) is 0.455. The van der Waals surface area contributed by atoms with Gasteiger partial charge >= 0.3 is 0 Å². The lowest BCUT2D eigenvalue weighted by atomic mass is 10.0. The maximum absolute atomic E-state index is 11.9. The highest BCUT2D eigenvalue weighted by Gasteiger charge is 2.11. The number of ketones is 1. The van der Waals surface area contributed by atoms with E-state index in [1.807, 2.05) is 42.5 Å². The Bertz CT molecular complexity index is 796. The second-order valence-electron chi connectivity index (χ2n) is 4.74. The van der Waals surface area contributed by atoms with Crippen LogP contribution in [0.2, 0.25) is 0 Å². The van der Waals surface area contributed by atoms with Gasteiger partial charge in [0.05, 0.1) is 0 Å². The molecule has 3 aromatic rings. The van der Waals surface area contributed by atoms with E-state index in [1.54, 1.807) is 12.1 Å². The second-order valence-corrected chi connectivity index (χ2v) is 4.74. The first-order valence-electron chi connectivity index (χ1n) is 6.51. The normalized spacial score (nSPS) is 11.8. The van der Waals surface area contributed by atoms with E-state index in [0.29, 0.717) is 5.56 Å². The van der Waals surface area contributed by atoms with Gasteiger partial charge in [0.25, 0.3) is 0 Å². The fourth-order valence-corrected chi connectivity index (χ4v) is 2.16. The molecule has 0 bridgehead atoms. The number of rotatable bonds is 3. The topological polar surface area (TPSA) is 62.8 Å². The lowest BCUT2D eigenvalue weighted by Gasteiger charge is -2.00. The number of hydrogen-bond acceptors (Lipinski definition) is 4. The molecule has 4 nitrogen and oxygen atoms in total. The van der Waals surface area contributed by atoms with Crippen molar-refractivity contribution in [3.8, 4) is 11.3 Å². The van der Waals surface area contributed by atoms with E-state index in [4.69, 9.17) is 9.62 Å². The van der Waals surface area contributed by atoms with E-state index in [-0.39, 0.29) is 11.5 Å². The summed E-state index contributed by atoms with van der Waals surface area (Å²) in [4.78, 5) is 11.9. The Morgan fingerprint density at radius 1 is 1.10 bits per heavy atom. The number of hydrogen-bond donors (Lipinski definition) is 1. The van der Waals surface area contributed by atoms with E-state index in [1.165, 1.54) is 6.92 Å². The Morgan fingerprint density at radius 2 is 1.81 bits per heavy atom. The smallest absolute Gasteiger partial charge is 0.210 e. The SMILES string of the molecule is CC(=NO)C(=O)c1ccc(-c2cc3ccccc3o2)cc1. The minimum Gasteiger partial charge on any atom is -0.456 e. The quantitative estimate of drug-likeness (QED) is 0.339. The van der Waals surface area contributed by atoms with Crippen LogP contribution in [0.1, 0.15) is 17.3 Å². The predicted octanol–water partition coefficient (Wildman–Crippen LogP) is 4.13. The molecule has 1 heterocycles. The van der Waals surface area contributed by atoms with Crippen molar-refractivity contribution in [3.05, 3.63) is 60.2 Å². The highest BCUT2D eigenvalue weighted by Crippen LogP contribution is 2.27. The van der Waals surface area contributed by atoms with Crippen molar-refractivity contribution in [2.24, 2.45) is 5.16 Å². The van der Waals surface area contributed by atoms with Crippen molar-refractivity contribution < 1.29 is 14.4 Å². The van der Waals surface area contributed by atoms with Gasteiger partial charge in [-0.15, -0.1) is 0 Å². The van der Waals surface area contributed by atoms with Crippen molar-refractivity contribution in [1.29, 1.82) is 0 Å². The van der Waals surface area contributed by atoms with Gasteiger partial charge in [0.15, 0.2) is 0 Å². The molecule has 2 aromatic carbocycles. The van der Waals surface area contributed by atoms with Crippen LogP contribution in [-0.4, -0.2) is 16.7 Å². The van der Waals surface area contributed by atoms with Crippen molar-refractivity contribution in [2.75, 3.05) is 0 Å². The van der Waals surface area contributed by atoms with Gasteiger partial charge in [0.2, 0.25) is 5.78 Å². The zero-order chi connectivity index (χ0) is 14.8. The van der Waals surface area contributed by atoms with Gasteiger partial charge in [-0.3, -0.25) is 4.79 Å². The molecule has 0 saturated heterocycles. The molecule has 0 aliphatic heterocycles. The monoisotopic (exact) mass is 279 g/mol. The summed E-state index contributed by atoms with van der Waals surface area (Å²) in [7, 11) is 0. The number of benzene rings is 2. The number of oxime groups is 1. The number of fused-ring (bicyclic) bond motifs is 1. The molecular weight excluding hydrogens is 266 g/mol. The van der Waals surface area contributed by atoms with E-state index < -0.39 is 0 Å². The first kappa shape index (κ1) is 13.1. The Kier molecular flexibility index (Phi) is 3.28. The Hall–Kier alpha value is -2.88. The Balaban J connectivity index is 1.95. The summed E-state index contributed by atoms with van der Waals surface area (Å²) in [6, 6.07) is 16.8. The van der Waals surface area contributed by atoms with Gasteiger partial charge in [-0.2, -0.15) is 0 Å². The molecule has 0 spiro atoms. The number of furan rings is 1. The molecule has 0 amide bonds. The Morgan fingerprint density at radius 3 is 2.48 bits per heavy atom. The van der Waals surface area contributed by atoms with Crippen LogP contribution in [0.5, 0.6) is 0 Å². The molecule has 0 radical (unpaired) electrons. The van der Waals surface area contributed by atoms with Crippen LogP contribution >= 0.6 is 0 Å². The molecule has 4 heteroatoms. The number of para-hydroxylation sites is 1. The number of carbonyl (C=O) groups excluding carboxylic acids is 1. The number of nitrogens with zero attached hydrogens (tertiary/aromatic N) is 1. The van der Waals surface area contributed by atoms with Crippen molar-refractivity contribution in [3.63, 3.8) is 0 Å². The molecular formula is C17H13NO3. The Labute approximate surface area is 121 Å². The van der Waals surface area contributed by atoms with Crippen LogP contribution in [0.4, 0.5) is 0 Å². The zero-order valence-corrected chi connectivity index (χ0v) is 11.4. The molecule has 0 aliphatic rings. The summed E-state index contributed by atoms with van der Waals surface area (Å²) in [5, 5.41) is 12.6. The van der Waals surface area contributed by atoms with Crippen LogP contribution in [0, 0.1) is 0 Å². The molecule has 1 aromatic heterocycles. The van der Waals surface area contributed by atoms with E-state index >= 15 is 0 Å². The summed E-state index contributed by atoms with van der Waals surface area (Å²) < 4.78 is 5.77. The third kappa shape index (κ3) is 2.43. The highest BCUT2D eigenvalue weighted by molar-refractivity contribution is 6.45. The van der Waals surface area contributed by atoms with Crippen molar-refractivity contribution >= 4 is 22.5 Å². The average Bonchev–Trinajstić information content (AvgIpc) is 2.97. The molecule has 0 fully saturated rings. The summed E-state index contributed by atoms with van der Waals surface area (Å²) in [6.45, 7) is 1.47. The first-order chi connectivity index (χ1) is 10.2. The third-order valence-corrected chi connectivity index (χ3v) is 3.34. The molecule has 0 atom stereocenters. The van der Waals surface area contributed by atoms with Crippen LogP contribution in [0.25, 0.3) is 22.3 Å². The maximum atomic E-state index is 11.9. The summed E-state index contributed by atoms with van der Waals surface area (Å²) in [5.41, 5.74) is 2.26. The van der Waals surface area contributed by atoms with Crippen molar-refractivity contribution in [1.82, 2.24) is 0 Å². The predicted molar refractivity (Wildman–Crippen MR) is 80.9 cm³/mol. The zero-order valence-electron chi connectivity index (χ0n) is 11.4. The van der Waals surface area contributed by atoms with Gasteiger partial charge in [-0.1, -0.05) is 47.6 Å². The lowest BCUT2D eigenvalue weighted by molar-refractivity contribution is 0.106. The summed E-state index contributed by atoms with van der Waals surface area (Å²) >= 11 is 0. The average molecular weight is 279 g/mol. The standard InChI is InChI=1S/C17H13NO3/c1-11(18-20)17(19)13-8-6-12(7-9-13)16-10-14-4-2-3-5-15(14)21-16/h2-10,20H,1H3. The van der Waals surface area contributed by atoms with Gasteiger partial charge in [0, 0.05) is 16.5 Å². The second kappa shape index (κ2) is 5.25. The first-order valence-corrected chi connectivity index (χ1v) is 6.51. The number of carbonyl (C=O) groups is 1. The molecule has 0 saturated carbocycles. The molecule has 104 valence electrons. The van der Waals surface area contributed by atoms with Crippen LogP contribution < -0.4 is 0 Å². The van der Waals surface area contributed by atoms with E-state index in [0.717, 1.165) is 22.3 Å². The van der Waals surface area contributed by atoms with E-state index in [2.05, 4.69) is 5.16 Å². The number of Topliss-reactive ketones (excluding diaryl/α,β-unsaturated/α-hetero) is 1. The maximum Gasteiger partial charge on any atom is 0.210 e. The van der Waals surface area contributed by atoms with E-state index in [9.17, 15) is 4.79 Å². The molecule has 1 N–H and O–H groups in total. The van der Waals surface area contributed by atoms with Crippen LogP contribution in [-0.2, 0) is 0 Å². The van der Waals surface area contributed by atoms with Gasteiger partial charge in [-0.05, 0) is 19.1 Å². The molecule has 0 unspecified atom stereocenters. The van der Waals surface area contributed by atoms with Gasteiger partial charge < -0.3 is 9.62 Å². The minimum absolute atomic E-state index is 0.0616. The highest BCUT2D eigenvalue weighted by atomic mass is 16.4. The molecule has 0 aliphatic carbocycles. The molecule has 3 rings (SSSR count). The lowest BCUT2D eigenvalue weighted by Crippen LogP contribution is -2.10. The third-order valence-electron chi connectivity index (χ3n) is 3.34. The largest absolute Gasteiger partial charge is 0.456 e. The van der Waals surface area contributed by atoms with Crippen LogP contribution in [0.3, 0.4) is 0 Å². The fourth-order valence-electron chi connectivity index (χ4n) is 2.16. The minimum atomic E-state index is -0.298. The van der Waals surface area contributed by atoms with Crippen LogP contribution in [0.15, 0.2) is 64.2 Å². The summed E-state index contributed by atoms with van der Waals surface area (Å²) in [6.07, 6.45) is 0.